The third kappa shape index (κ3) is 2.73. The standard InChI is InChI=1S/C22H22N2O3/c25-17-13-22(27-18-4-2-1-3-15(17)18)9-5-16-19(20(16)22)21(26)24-12-8-14-6-10-23-11-7-14/h1-4,6-7,10-11,16,19-20H,5,8-9,12-13H2,(H,24,26). The summed E-state index contributed by atoms with van der Waals surface area (Å²) in [5.74, 6) is 1.42. The van der Waals surface area contributed by atoms with E-state index < -0.39 is 5.60 Å². The second-order valence-corrected chi connectivity index (χ2v) is 7.91. The molecule has 1 spiro atoms. The van der Waals surface area contributed by atoms with E-state index in [0.29, 0.717) is 30.2 Å². The summed E-state index contributed by atoms with van der Waals surface area (Å²) in [6.45, 7) is 0.619. The molecule has 2 heterocycles. The second kappa shape index (κ2) is 6.19. The number of Topliss-reactive ketones (excluding diaryl/α,β-unsaturated/α-hetero) is 1. The van der Waals surface area contributed by atoms with Crippen molar-refractivity contribution in [2.75, 3.05) is 6.54 Å². The van der Waals surface area contributed by atoms with E-state index in [4.69, 9.17) is 4.74 Å². The number of pyridine rings is 1. The van der Waals surface area contributed by atoms with Crippen LogP contribution in [-0.2, 0) is 11.2 Å². The van der Waals surface area contributed by atoms with Crippen molar-refractivity contribution in [2.24, 2.45) is 17.8 Å². The fourth-order valence-electron chi connectivity index (χ4n) is 5.12. The minimum absolute atomic E-state index is 0.0192. The first-order chi connectivity index (χ1) is 13.2. The fourth-order valence-corrected chi connectivity index (χ4v) is 5.12. The molecule has 0 bridgehead atoms. The molecular weight excluding hydrogens is 340 g/mol. The molecule has 1 aromatic carbocycles. The van der Waals surface area contributed by atoms with E-state index in [1.165, 1.54) is 0 Å². The number of ether oxygens (including phenoxy) is 1. The highest BCUT2D eigenvalue weighted by Gasteiger charge is 2.70. The molecule has 0 saturated heterocycles. The number of carbonyl (C=O) groups excluding carboxylic acids is 2. The van der Waals surface area contributed by atoms with Gasteiger partial charge in [-0.25, -0.2) is 0 Å². The van der Waals surface area contributed by atoms with Crippen molar-refractivity contribution in [1.82, 2.24) is 10.3 Å². The summed E-state index contributed by atoms with van der Waals surface area (Å²) in [4.78, 5) is 29.3. The Hall–Kier alpha value is -2.69. The number of fused-ring (bicyclic) bond motifs is 3. The molecule has 138 valence electrons. The van der Waals surface area contributed by atoms with Crippen LogP contribution in [0.5, 0.6) is 5.75 Å². The van der Waals surface area contributed by atoms with Crippen LogP contribution in [0.25, 0.3) is 0 Å². The minimum Gasteiger partial charge on any atom is -0.486 e. The van der Waals surface area contributed by atoms with Gasteiger partial charge < -0.3 is 10.1 Å². The lowest BCUT2D eigenvalue weighted by Gasteiger charge is -2.37. The Labute approximate surface area is 158 Å². The third-order valence-electron chi connectivity index (χ3n) is 6.40. The van der Waals surface area contributed by atoms with Gasteiger partial charge in [0.15, 0.2) is 5.78 Å². The number of para-hydroxylation sites is 1. The van der Waals surface area contributed by atoms with Crippen molar-refractivity contribution in [3.8, 4) is 5.75 Å². The monoisotopic (exact) mass is 362 g/mol. The Kier molecular flexibility index (Phi) is 3.78. The first-order valence-electron chi connectivity index (χ1n) is 9.66. The number of ketones is 1. The van der Waals surface area contributed by atoms with Crippen LogP contribution < -0.4 is 10.1 Å². The zero-order valence-corrected chi connectivity index (χ0v) is 15.1. The van der Waals surface area contributed by atoms with Gasteiger partial charge >= 0.3 is 0 Å². The van der Waals surface area contributed by atoms with Gasteiger partial charge in [0.1, 0.15) is 11.4 Å². The number of aromatic nitrogens is 1. The van der Waals surface area contributed by atoms with Crippen LogP contribution in [0.4, 0.5) is 0 Å². The number of nitrogens with zero attached hydrogens (tertiary/aromatic N) is 1. The van der Waals surface area contributed by atoms with E-state index in [-0.39, 0.29) is 23.5 Å². The van der Waals surface area contributed by atoms with Gasteiger partial charge in [-0.3, -0.25) is 14.6 Å². The van der Waals surface area contributed by atoms with E-state index in [2.05, 4.69) is 10.3 Å². The Bertz CT molecular complexity index is 897. The van der Waals surface area contributed by atoms with Gasteiger partial charge in [0, 0.05) is 30.8 Å². The summed E-state index contributed by atoms with van der Waals surface area (Å²) in [6.07, 6.45) is 6.55. The van der Waals surface area contributed by atoms with Crippen molar-refractivity contribution in [1.29, 1.82) is 0 Å². The Morgan fingerprint density at radius 3 is 2.89 bits per heavy atom. The fraction of sp³-hybridized carbons (Fsp3) is 0.409. The van der Waals surface area contributed by atoms with Gasteiger partial charge in [0.2, 0.25) is 5.91 Å². The highest BCUT2D eigenvalue weighted by atomic mass is 16.5. The topological polar surface area (TPSA) is 68.3 Å². The van der Waals surface area contributed by atoms with Crippen LogP contribution >= 0.6 is 0 Å². The molecule has 4 atom stereocenters. The normalized spacial score (nSPS) is 30.4. The van der Waals surface area contributed by atoms with Crippen molar-refractivity contribution >= 4 is 11.7 Å². The van der Waals surface area contributed by atoms with Gasteiger partial charge in [-0.15, -0.1) is 0 Å². The average Bonchev–Trinajstić information content (AvgIpc) is 3.34. The largest absolute Gasteiger partial charge is 0.486 e. The first-order valence-corrected chi connectivity index (χ1v) is 9.66. The number of nitrogens with one attached hydrogen (secondary N) is 1. The molecular formula is C22H22N2O3. The van der Waals surface area contributed by atoms with E-state index in [0.717, 1.165) is 24.8 Å². The molecule has 1 N–H and O–H groups in total. The van der Waals surface area contributed by atoms with Crippen molar-refractivity contribution in [2.45, 2.75) is 31.3 Å². The number of hydrogen-bond acceptors (Lipinski definition) is 4. The molecule has 1 amide bonds. The molecule has 5 rings (SSSR count). The summed E-state index contributed by atoms with van der Waals surface area (Å²) in [6, 6.07) is 11.4. The molecule has 2 fully saturated rings. The quantitative estimate of drug-likeness (QED) is 0.908. The summed E-state index contributed by atoms with van der Waals surface area (Å²) in [7, 11) is 0. The van der Waals surface area contributed by atoms with Crippen LogP contribution in [0, 0.1) is 17.8 Å². The SMILES string of the molecule is O=C1CC2(CCC3C(C(=O)NCCc4ccncc4)C32)Oc2ccccc21. The zero-order chi connectivity index (χ0) is 18.4. The molecule has 1 aliphatic heterocycles. The molecule has 2 aromatic rings. The van der Waals surface area contributed by atoms with Crippen molar-refractivity contribution in [3.05, 3.63) is 59.9 Å². The molecule has 4 unspecified atom stereocenters. The highest BCUT2D eigenvalue weighted by Crippen LogP contribution is 2.65. The van der Waals surface area contributed by atoms with Gasteiger partial charge in [0.25, 0.3) is 0 Å². The summed E-state index contributed by atoms with van der Waals surface area (Å²) in [5, 5.41) is 3.07. The van der Waals surface area contributed by atoms with Gasteiger partial charge in [-0.05, 0) is 55.0 Å². The number of hydrogen-bond donors (Lipinski definition) is 1. The van der Waals surface area contributed by atoms with Crippen molar-refractivity contribution in [3.63, 3.8) is 0 Å². The maximum absolute atomic E-state index is 12.7. The van der Waals surface area contributed by atoms with E-state index in [9.17, 15) is 9.59 Å². The van der Waals surface area contributed by atoms with E-state index >= 15 is 0 Å². The zero-order valence-electron chi connectivity index (χ0n) is 15.1. The summed E-state index contributed by atoms with van der Waals surface area (Å²) < 4.78 is 6.35. The maximum Gasteiger partial charge on any atom is 0.223 e. The molecule has 5 nitrogen and oxygen atoms in total. The van der Waals surface area contributed by atoms with Crippen LogP contribution in [0.3, 0.4) is 0 Å². The number of rotatable bonds is 4. The molecule has 1 aromatic heterocycles. The lowest BCUT2D eigenvalue weighted by Crippen LogP contribution is -2.44. The molecule has 5 heteroatoms. The van der Waals surface area contributed by atoms with Gasteiger partial charge in [-0.2, -0.15) is 0 Å². The molecule has 2 saturated carbocycles. The minimum atomic E-state index is -0.483. The number of benzene rings is 1. The van der Waals surface area contributed by atoms with Gasteiger partial charge in [-0.1, -0.05) is 12.1 Å². The predicted molar refractivity (Wildman–Crippen MR) is 99.4 cm³/mol. The Morgan fingerprint density at radius 2 is 2.04 bits per heavy atom. The second-order valence-electron chi connectivity index (χ2n) is 7.91. The highest BCUT2D eigenvalue weighted by molar-refractivity contribution is 6.00. The number of carbonyl (C=O) groups is 2. The van der Waals surface area contributed by atoms with Gasteiger partial charge in [0.05, 0.1) is 12.0 Å². The number of amides is 1. The lowest BCUT2D eigenvalue weighted by atomic mass is 9.84. The molecule has 2 aliphatic carbocycles. The third-order valence-corrected chi connectivity index (χ3v) is 6.40. The van der Waals surface area contributed by atoms with Crippen LogP contribution in [0.15, 0.2) is 48.8 Å². The smallest absolute Gasteiger partial charge is 0.223 e. The van der Waals surface area contributed by atoms with Crippen LogP contribution in [-0.4, -0.2) is 28.8 Å². The Balaban J connectivity index is 1.25. The first kappa shape index (κ1) is 16.5. The Morgan fingerprint density at radius 1 is 1.22 bits per heavy atom. The van der Waals surface area contributed by atoms with E-state index in [1.807, 2.05) is 36.4 Å². The average molecular weight is 362 g/mol. The summed E-state index contributed by atoms with van der Waals surface area (Å²) in [5.41, 5.74) is 1.35. The summed E-state index contributed by atoms with van der Waals surface area (Å²) >= 11 is 0. The predicted octanol–water partition coefficient (Wildman–Crippen LogP) is 2.80. The molecule has 3 aliphatic rings. The molecule has 27 heavy (non-hydrogen) atoms. The van der Waals surface area contributed by atoms with Crippen LogP contribution in [0.1, 0.15) is 35.2 Å². The van der Waals surface area contributed by atoms with Crippen LogP contribution in [0.2, 0.25) is 0 Å². The molecule has 0 radical (unpaired) electrons. The van der Waals surface area contributed by atoms with E-state index in [1.54, 1.807) is 12.4 Å². The van der Waals surface area contributed by atoms with Crippen molar-refractivity contribution < 1.29 is 14.3 Å². The lowest BCUT2D eigenvalue weighted by molar-refractivity contribution is -0.124. The maximum atomic E-state index is 12.7.